The largest absolute Gasteiger partial charge is 0.298 e. The number of nitrogens with one attached hydrogen (secondary N) is 2. The SMILES string of the molecule is CC(C)(C)C(=O)C(=Nc1ccc(Cl)cc1F)NNc1ccccc1Cl. The number of hydrazine groups is 1. The van der Waals surface area contributed by atoms with Crippen LogP contribution in [0.5, 0.6) is 0 Å². The number of anilines is 1. The third-order valence-electron chi connectivity index (χ3n) is 3.23. The minimum Gasteiger partial charge on any atom is -0.298 e. The van der Waals surface area contributed by atoms with Crippen LogP contribution >= 0.6 is 23.2 Å². The molecule has 0 radical (unpaired) electrons. The second-order valence-corrected chi connectivity index (χ2v) is 7.21. The normalized spacial score (nSPS) is 12.0. The number of halogens is 3. The Morgan fingerprint density at radius 1 is 1.12 bits per heavy atom. The summed E-state index contributed by atoms with van der Waals surface area (Å²) in [6.45, 7) is 5.25. The van der Waals surface area contributed by atoms with Gasteiger partial charge in [-0.15, -0.1) is 0 Å². The van der Waals surface area contributed by atoms with Crippen molar-refractivity contribution >= 4 is 46.2 Å². The van der Waals surface area contributed by atoms with E-state index in [0.29, 0.717) is 10.7 Å². The molecule has 2 aromatic rings. The van der Waals surface area contributed by atoms with Gasteiger partial charge in [0.2, 0.25) is 5.78 Å². The summed E-state index contributed by atoms with van der Waals surface area (Å²) in [7, 11) is 0. The first-order valence-electron chi connectivity index (χ1n) is 7.53. The van der Waals surface area contributed by atoms with Crippen LogP contribution in [0.2, 0.25) is 10.0 Å². The number of Topliss-reactive ketones (excluding diaryl/α,β-unsaturated/α-hetero) is 1. The van der Waals surface area contributed by atoms with Gasteiger partial charge in [0.25, 0.3) is 0 Å². The molecule has 0 aromatic heterocycles. The molecule has 0 aliphatic rings. The van der Waals surface area contributed by atoms with Gasteiger partial charge in [-0.25, -0.2) is 9.38 Å². The van der Waals surface area contributed by atoms with Crippen molar-refractivity contribution in [3.63, 3.8) is 0 Å². The Labute approximate surface area is 156 Å². The van der Waals surface area contributed by atoms with Gasteiger partial charge in [0.15, 0.2) is 5.84 Å². The maximum Gasteiger partial charge on any atom is 0.204 e. The van der Waals surface area contributed by atoms with Crippen LogP contribution < -0.4 is 10.9 Å². The predicted octanol–water partition coefficient (Wildman–Crippen LogP) is 5.39. The summed E-state index contributed by atoms with van der Waals surface area (Å²) in [5, 5.41) is 0.720. The Balaban J connectivity index is 2.35. The molecule has 0 saturated carbocycles. The first-order valence-corrected chi connectivity index (χ1v) is 8.29. The molecule has 132 valence electrons. The molecule has 0 fully saturated rings. The van der Waals surface area contributed by atoms with Gasteiger partial charge in [-0.1, -0.05) is 56.1 Å². The molecule has 0 bridgehead atoms. The molecular weight excluding hydrogens is 364 g/mol. The summed E-state index contributed by atoms with van der Waals surface area (Å²) < 4.78 is 14.0. The number of para-hydroxylation sites is 1. The van der Waals surface area contributed by atoms with E-state index in [1.807, 2.05) is 0 Å². The lowest BCUT2D eigenvalue weighted by molar-refractivity contribution is -0.119. The van der Waals surface area contributed by atoms with E-state index >= 15 is 0 Å². The van der Waals surface area contributed by atoms with E-state index in [9.17, 15) is 9.18 Å². The highest BCUT2D eigenvalue weighted by atomic mass is 35.5. The molecule has 0 spiro atoms. The first kappa shape index (κ1) is 19.2. The fourth-order valence-electron chi connectivity index (χ4n) is 1.87. The summed E-state index contributed by atoms with van der Waals surface area (Å²) in [5.74, 6) is -0.943. The quantitative estimate of drug-likeness (QED) is 0.423. The van der Waals surface area contributed by atoms with E-state index in [1.54, 1.807) is 45.0 Å². The lowest BCUT2D eigenvalue weighted by Crippen LogP contribution is -2.41. The molecule has 0 heterocycles. The Bertz CT molecular complexity index is 816. The summed E-state index contributed by atoms with van der Waals surface area (Å²) in [5.41, 5.74) is 5.43. The van der Waals surface area contributed by atoms with Crippen LogP contribution in [0, 0.1) is 11.2 Å². The number of ketones is 1. The Morgan fingerprint density at radius 2 is 1.80 bits per heavy atom. The van der Waals surface area contributed by atoms with Crippen LogP contribution in [0.1, 0.15) is 20.8 Å². The predicted molar refractivity (Wildman–Crippen MR) is 101 cm³/mol. The van der Waals surface area contributed by atoms with Crippen LogP contribution in [0.15, 0.2) is 47.5 Å². The summed E-state index contributed by atoms with van der Waals surface area (Å²) >= 11 is 11.8. The highest BCUT2D eigenvalue weighted by Gasteiger charge is 2.27. The van der Waals surface area contributed by atoms with Gasteiger partial charge < -0.3 is 0 Å². The molecule has 4 nitrogen and oxygen atoms in total. The molecule has 0 saturated heterocycles. The van der Waals surface area contributed by atoms with Crippen molar-refractivity contribution in [1.29, 1.82) is 0 Å². The molecule has 7 heteroatoms. The monoisotopic (exact) mass is 381 g/mol. The number of rotatable bonds is 4. The van der Waals surface area contributed by atoms with Gasteiger partial charge in [0.05, 0.1) is 10.7 Å². The maximum absolute atomic E-state index is 14.0. The van der Waals surface area contributed by atoms with E-state index in [-0.39, 0.29) is 22.3 Å². The number of aliphatic imine (C=N–C) groups is 1. The summed E-state index contributed by atoms with van der Waals surface area (Å²) in [6, 6.07) is 11.1. The molecule has 0 aliphatic carbocycles. The fourth-order valence-corrected chi connectivity index (χ4v) is 2.21. The van der Waals surface area contributed by atoms with E-state index in [1.165, 1.54) is 12.1 Å². The number of hydrogen-bond acceptors (Lipinski definition) is 3. The summed E-state index contributed by atoms with van der Waals surface area (Å²) in [6.07, 6.45) is 0. The van der Waals surface area contributed by atoms with Crippen LogP contribution in [-0.2, 0) is 4.79 Å². The molecule has 2 rings (SSSR count). The molecule has 2 aromatic carbocycles. The highest BCUT2D eigenvalue weighted by molar-refractivity contribution is 6.41. The van der Waals surface area contributed by atoms with E-state index in [4.69, 9.17) is 23.2 Å². The van der Waals surface area contributed by atoms with Crippen molar-refractivity contribution in [2.45, 2.75) is 20.8 Å². The minimum atomic E-state index is -0.711. The first-order chi connectivity index (χ1) is 11.7. The Kier molecular flexibility index (Phi) is 6.03. The third-order valence-corrected chi connectivity index (χ3v) is 3.79. The van der Waals surface area contributed by atoms with Crippen molar-refractivity contribution in [2.75, 3.05) is 5.43 Å². The number of carbonyl (C=O) groups excluding carboxylic acids is 1. The van der Waals surface area contributed by atoms with Gasteiger partial charge in [0, 0.05) is 10.4 Å². The zero-order valence-corrected chi connectivity index (χ0v) is 15.5. The van der Waals surface area contributed by atoms with Gasteiger partial charge >= 0.3 is 0 Å². The van der Waals surface area contributed by atoms with Gasteiger partial charge in [-0.05, 0) is 30.3 Å². The molecular formula is C18H18Cl2FN3O. The maximum atomic E-state index is 14.0. The fraction of sp³-hybridized carbons (Fsp3) is 0.222. The third kappa shape index (κ3) is 5.18. The standard InChI is InChI=1S/C18H18Cl2FN3O/c1-18(2,3)16(25)17(22-15-9-8-11(19)10-13(15)21)24-23-14-7-5-4-6-12(14)20/h4-10,23H,1-3H3,(H,22,24). The Morgan fingerprint density at radius 3 is 2.40 bits per heavy atom. The Hall–Kier alpha value is -2.11. The molecule has 0 aliphatic heterocycles. The van der Waals surface area contributed by atoms with E-state index in [0.717, 1.165) is 6.07 Å². The molecule has 0 atom stereocenters. The minimum absolute atomic E-state index is 0.00505. The molecule has 25 heavy (non-hydrogen) atoms. The van der Waals surface area contributed by atoms with Crippen molar-refractivity contribution in [3.05, 3.63) is 58.3 Å². The summed E-state index contributed by atoms with van der Waals surface area (Å²) in [4.78, 5) is 16.8. The molecule has 0 unspecified atom stereocenters. The topological polar surface area (TPSA) is 53.5 Å². The zero-order valence-electron chi connectivity index (χ0n) is 14.0. The lowest BCUT2D eigenvalue weighted by atomic mass is 9.90. The van der Waals surface area contributed by atoms with Gasteiger partial charge in [-0.2, -0.15) is 0 Å². The van der Waals surface area contributed by atoms with E-state index in [2.05, 4.69) is 15.8 Å². The molecule has 0 amide bonds. The van der Waals surface area contributed by atoms with Crippen molar-refractivity contribution in [1.82, 2.24) is 5.43 Å². The highest BCUT2D eigenvalue weighted by Crippen LogP contribution is 2.24. The van der Waals surface area contributed by atoms with Crippen LogP contribution in [0.3, 0.4) is 0 Å². The van der Waals surface area contributed by atoms with Crippen LogP contribution in [0.4, 0.5) is 15.8 Å². The average molecular weight is 382 g/mol. The van der Waals surface area contributed by atoms with Crippen LogP contribution in [-0.4, -0.2) is 11.6 Å². The average Bonchev–Trinajstić information content (AvgIpc) is 2.53. The number of nitrogens with zero attached hydrogens (tertiary/aromatic N) is 1. The zero-order chi connectivity index (χ0) is 18.6. The smallest absolute Gasteiger partial charge is 0.204 e. The van der Waals surface area contributed by atoms with Gasteiger partial charge in [0.1, 0.15) is 11.5 Å². The van der Waals surface area contributed by atoms with E-state index < -0.39 is 11.2 Å². The number of amidine groups is 1. The lowest BCUT2D eigenvalue weighted by Gasteiger charge is -2.20. The van der Waals surface area contributed by atoms with Gasteiger partial charge in [-0.3, -0.25) is 15.6 Å². The number of hydrogen-bond donors (Lipinski definition) is 2. The van der Waals surface area contributed by atoms with Crippen molar-refractivity contribution < 1.29 is 9.18 Å². The molecule has 2 N–H and O–H groups in total. The van der Waals surface area contributed by atoms with Crippen molar-refractivity contribution in [3.8, 4) is 0 Å². The number of benzene rings is 2. The number of carbonyl (C=O) groups is 1. The second kappa shape index (κ2) is 7.85. The second-order valence-electron chi connectivity index (χ2n) is 6.37. The van der Waals surface area contributed by atoms with Crippen LogP contribution in [0.25, 0.3) is 0 Å². The van der Waals surface area contributed by atoms with Crippen molar-refractivity contribution in [2.24, 2.45) is 10.4 Å².